The van der Waals surface area contributed by atoms with Gasteiger partial charge in [0, 0.05) is 0 Å². The Bertz CT molecular complexity index is 613. The molecule has 0 saturated carbocycles. The number of ether oxygens (including phenoxy) is 2. The second-order valence-corrected chi connectivity index (χ2v) is 15.0. The monoisotopic (exact) mass is 486 g/mol. The molecule has 0 aliphatic heterocycles. The fourth-order valence-corrected chi connectivity index (χ4v) is 4.21. The van der Waals surface area contributed by atoms with Crippen LogP contribution in [0.25, 0.3) is 0 Å². The van der Waals surface area contributed by atoms with Crippen LogP contribution >= 0.6 is 0 Å². The predicted molar refractivity (Wildman–Crippen MR) is 107 cm³/mol. The number of aliphatic hydroxyl groups excluding tert-OH is 1. The topological polar surface area (TPSA) is 84.9 Å². The third-order valence-corrected chi connectivity index (χ3v) is 7.60. The summed E-state index contributed by atoms with van der Waals surface area (Å²) in [4.78, 5) is 27.5. The van der Waals surface area contributed by atoms with E-state index in [1.807, 2.05) is 18.2 Å². The molecule has 1 aromatic rings. The minimum atomic E-state index is -1.72. The number of carbonyl (C=O) groups is 2. The van der Waals surface area contributed by atoms with Crippen molar-refractivity contribution in [3.8, 4) is 5.75 Å². The Morgan fingerprint density at radius 3 is 2.59 bits per heavy atom. The second-order valence-electron chi connectivity index (χ2n) is 7.68. The quantitative estimate of drug-likeness (QED) is 0.391. The van der Waals surface area contributed by atoms with Crippen molar-refractivity contribution in [2.45, 2.75) is 61.6 Å². The number of amides is 1. The first-order valence-electron chi connectivity index (χ1n) is 9.29. The Morgan fingerprint density at radius 2 is 1.96 bits per heavy atom. The van der Waals surface area contributed by atoms with Crippen molar-refractivity contribution in [3.63, 3.8) is 0 Å². The third-order valence-electron chi connectivity index (χ3n) is 3.70. The van der Waals surface area contributed by atoms with Crippen molar-refractivity contribution < 1.29 is 24.2 Å². The van der Waals surface area contributed by atoms with Gasteiger partial charge in [0.15, 0.2) is 0 Å². The van der Waals surface area contributed by atoms with Crippen LogP contribution in [-0.4, -0.2) is 53.5 Å². The Balaban J connectivity index is 2.39. The van der Waals surface area contributed by atoms with Crippen LogP contribution in [0.4, 0.5) is 4.79 Å². The van der Waals surface area contributed by atoms with Gasteiger partial charge in [-0.05, 0) is 20.8 Å². The van der Waals surface area contributed by atoms with Crippen molar-refractivity contribution in [3.05, 3.63) is 29.8 Å². The molecule has 0 fully saturated rings. The molecule has 1 amide bonds. The van der Waals surface area contributed by atoms with Crippen LogP contribution < -0.4 is 10.1 Å². The molecule has 151 valence electrons. The Hall–Kier alpha value is -1.28. The number of aliphatic hydroxyl groups is 1. The van der Waals surface area contributed by atoms with Gasteiger partial charge in [0.25, 0.3) is 0 Å². The molecule has 27 heavy (non-hydrogen) atoms. The van der Waals surface area contributed by atoms with Gasteiger partial charge in [0.2, 0.25) is 0 Å². The molecule has 0 saturated heterocycles. The van der Waals surface area contributed by atoms with Gasteiger partial charge in [-0.1, -0.05) is 0 Å². The van der Waals surface area contributed by atoms with Crippen LogP contribution in [0.5, 0.6) is 5.75 Å². The van der Waals surface area contributed by atoms with E-state index < -0.39 is 37.6 Å². The van der Waals surface area contributed by atoms with Gasteiger partial charge in [-0.25, -0.2) is 4.79 Å². The summed E-state index contributed by atoms with van der Waals surface area (Å²) in [6, 6.07) is 7.27. The first-order valence-corrected chi connectivity index (χ1v) is 16.4. The van der Waals surface area contributed by atoms with Crippen LogP contribution in [0.2, 0.25) is 9.88 Å². The number of nitrogens with one attached hydrogen (secondary N) is 1. The molecular weight excluding hydrogens is 453 g/mol. The fraction of sp³-hybridized carbons (Fsp3) is 0.600. The number of benzene rings is 1. The standard InChI is InChI=1S/C18H26NO5.2CH3.Sn/c1-18(2,3)24-17(22)19-10-9-16(21)14-7-6-8-15(13-14)23-12-5-4-11-20;;;/h6-8,13,16,21H,4-5,9-10,12H2,1-3H3,(H,19,22);2*1H3;. The molecule has 1 aromatic carbocycles. The molecule has 0 aliphatic carbocycles. The summed E-state index contributed by atoms with van der Waals surface area (Å²) >= 11 is -1.72. The summed E-state index contributed by atoms with van der Waals surface area (Å²) in [7, 11) is 0. The molecule has 1 atom stereocenters. The van der Waals surface area contributed by atoms with E-state index in [9.17, 15) is 14.7 Å². The van der Waals surface area contributed by atoms with Crippen LogP contribution in [-0.2, 0) is 9.53 Å². The summed E-state index contributed by atoms with van der Waals surface area (Å²) in [5.74, 6) is 0.672. The van der Waals surface area contributed by atoms with Gasteiger partial charge in [0.05, 0.1) is 0 Å². The van der Waals surface area contributed by atoms with E-state index in [2.05, 4.69) is 15.2 Å². The predicted octanol–water partition coefficient (Wildman–Crippen LogP) is 3.66. The van der Waals surface area contributed by atoms with E-state index in [1.54, 1.807) is 26.8 Å². The average molecular weight is 485 g/mol. The van der Waals surface area contributed by atoms with E-state index in [-0.39, 0.29) is 0 Å². The molecule has 1 radical (unpaired) electrons. The maximum absolute atomic E-state index is 11.7. The zero-order valence-electron chi connectivity index (χ0n) is 17.0. The van der Waals surface area contributed by atoms with Crippen molar-refractivity contribution >= 4 is 29.7 Å². The van der Waals surface area contributed by atoms with Crippen LogP contribution in [0.1, 0.15) is 51.7 Å². The van der Waals surface area contributed by atoms with E-state index in [4.69, 9.17) is 9.47 Å². The van der Waals surface area contributed by atoms with E-state index in [0.29, 0.717) is 35.5 Å². The minimum absolute atomic E-state index is 0.310. The maximum atomic E-state index is 11.7. The van der Waals surface area contributed by atoms with Crippen LogP contribution in [0.15, 0.2) is 24.3 Å². The number of carbonyl (C=O) groups excluding carboxylic acids is 2. The molecule has 0 heterocycles. The molecule has 7 heteroatoms. The van der Waals surface area contributed by atoms with Gasteiger partial charge < -0.3 is 4.74 Å². The number of rotatable bonds is 10. The average Bonchev–Trinajstić information content (AvgIpc) is 2.57. The first kappa shape index (κ1) is 23.8. The molecule has 0 spiro atoms. The van der Waals surface area contributed by atoms with Crippen molar-refractivity contribution in [2.24, 2.45) is 0 Å². The molecule has 2 N–H and O–H groups in total. The molecule has 0 bridgehead atoms. The van der Waals surface area contributed by atoms with Crippen LogP contribution in [0.3, 0.4) is 0 Å². The van der Waals surface area contributed by atoms with Crippen molar-refractivity contribution in [1.29, 1.82) is 0 Å². The van der Waals surface area contributed by atoms with E-state index in [1.165, 1.54) is 0 Å². The summed E-state index contributed by atoms with van der Waals surface area (Å²) in [6.07, 6.45) is 0.488. The molecule has 0 aromatic heterocycles. The molecule has 1 unspecified atom stereocenters. The van der Waals surface area contributed by atoms with E-state index in [0.717, 1.165) is 12.0 Å². The van der Waals surface area contributed by atoms with Crippen LogP contribution in [0, 0.1) is 0 Å². The first-order chi connectivity index (χ1) is 12.6. The number of hydrogen-bond acceptors (Lipinski definition) is 5. The zero-order chi connectivity index (χ0) is 20.4. The van der Waals surface area contributed by atoms with Gasteiger partial charge in [0.1, 0.15) is 5.60 Å². The molecule has 1 rings (SSSR count). The second kappa shape index (κ2) is 11.5. The molecule has 6 nitrogen and oxygen atoms in total. The Kier molecular flexibility index (Phi) is 10.2. The Labute approximate surface area is 169 Å². The Morgan fingerprint density at radius 1 is 1.26 bits per heavy atom. The number of hydrogen-bond donors (Lipinski definition) is 2. The third kappa shape index (κ3) is 10.6. The van der Waals surface area contributed by atoms with Gasteiger partial charge in [-0.2, -0.15) is 0 Å². The number of alkyl carbamates (subject to hydrolysis) is 1. The SMILES string of the molecule is [CH3][Sn]([CH3])[C](=O)CCCOc1cccc(C(O)CCNC(=O)OC(C)(C)C)c1. The van der Waals surface area contributed by atoms with Gasteiger partial charge in [-0.3, -0.25) is 0 Å². The fourth-order valence-electron chi connectivity index (χ4n) is 2.28. The summed E-state index contributed by atoms with van der Waals surface area (Å²) in [5.41, 5.74) is 0.185. The summed E-state index contributed by atoms with van der Waals surface area (Å²) in [6.45, 7) is 6.20. The van der Waals surface area contributed by atoms with Crippen molar-refractivity contribution in [1.82, 2.24) is 5.32 Å². The molecule has 0 aliphatic rings. The van der Waals surface area contributed by atoms with Gasteiger partial charge >= 0.3 is 134 Å². The van der Waals surface area contributed by atoms with E-state index >= 15 is 0 Å². The van der Waals surface area contributed by atoms with Gasteiger partial charge in [-0.15, -0.1) is 0 Å². The molecular formula is C20H32NO5Sn. The normalized spacial score (nSPS) is 12.6. The van der Waals surface area contributed by atoms with Crippen molar-refractivity contribution in [2.75, 3.05) is 13.2 Å². The summed E-state index contributed by atoms with van der Waals surface area (Å²) < 4.78 is 11.3. The summed E-state index contributed by atoms with van der Waals surface area (Å²) in [5, 5.41) is 12.9. The zero-order valence-corrected chi connectivity index (χ0v) is 19.9.